The maximum absolute atomic E-state index is 11.5. The number of ketones is 1. The summed E-state index contributed by atoms with van der Waals surface area (Å²) < 4.78 is 5.36. The molecule has 0 amide bonds. The predicted octanol–water partition coefficient (Wildman–Crippen LogP) is 3.60. The summed E-state index contributed by atoms with van der Waals surface area (Å²) in [4.78, 5) is 11.5. The molecule has 20 heavy (non-hydrogen) atoms. The van der Waals surface area contributed by atoms with Gasteiger partial charge in [0.15, 0.2) is 0 Å². The maximum Gasteiger partial charge on any atom is 0.130 e. The molecule has 0 radical (unpaired) electrons. The van der Waals surface area contributed by atoms with Crippen LogP contribution in [0.2, 0.25) is 0 Å². The Hall–Kier alpha value is -1.93. The first-order valence-electron chi connectivity index (χ1n) is 6.93. The Bertz CT molecular complexity index is 595. The summed E-state index contributed by atoms with van der Waals surface area (Å²) in [5.41, 5.74) is 3.52. The van der Waals surface area contributed by atoms with Crippen molar-refractivity contribution in [2.45, 2.75) is 18.8 Å². The van der Waals surface area contributed by atoms with Gasteiger partial charge in [-0.3, -0.25) is 4.79 Å². The highest BCUT2D eigenvalue weighted by atomic mass is 16.5. The molecule has 0 spiro atoms. The molecule has 0 saturated carbocycles. The van der Waals surface area contributed by atoms with Gasteiger partial charge >= 0.3 is 0 Å². The molecule has 0 aromatic heterocycles. The first-order chi connectivity index (χ1) is 9.70. The van der Waals surface area contributed by atoms with Crippen LogP contribution in [0.25, 0.3) is 11.1 Å². The van der Waals surface area contributed by atoms with Crippen molar-refractivity contribution in [2.75, 3.05) is 13.2 Å². The number of benzene rings is 2. The first kappa shape index (κ1) is 13.1. The van der Waals surface area contributed by atoms with E-state index < -0.39 is 0 Å². The number of ether oxygens (including phenoxy) is 1. The fourth-order valence-electron chi connectivity index (χ4n) is 2.84. The third-order valence-corrected chi connectivity index (χ3v) is 3.95. The molecule has 1 saturated heterocycles. The molecular weight excluding hydrogens is 248 g/mol. The van der Waals surface area contributed by atoms with Crippen LogP contribution in [0.5, 0.6) is 0 Å². The highest BCUT2D eigenvalue weighted by Crippen LogP contribution is 2.36. The number of rotatable bonds is 4. The molecule has 1 heterocycles. The average Bonchev–Trinajstić information content (AvgIpc) is 2.44. The van der Waals surface area contributed by atoms with Gasteiger partial charge in [0.05, 0.1) is 13.2 Å². The van der Waals surface area contributed by atoms with Crippen LogP contribution in [-0.2, 0) is 14.9 Å². The van der Waals surface area contributed by atoms with E-state index in [9.17, 15) is 4.79 Å². The van der Waals surface area contributed by atoms with Crippen LogP contribution in [0.3, 0.4) is 0 Å². The van der Waals surface area contributed by atoms with Gasteiger partial charge in [-0.25, -0.2) is 0 Å². The molecule has 2 heteroatoms. The van der Waals surface area contributed by atoms with Crippen LogP contribution in [0, 0.1) is 0 Å². The Morgan fingerprint density at radius 2 is 1.60 bits per heavy atom. The van der Waals surface area contributed by atoms with E-state index in [-0.39, 0.29) is 11.2 Å². The predicted molar refractivity (Wildman–Crippen MR) is 79.7 cm³/mol. The van der Waals surface area contributed by atoms with E-state index in [0.29, 0.717) is 19.6 Å². The lowest BCUT2D eigenvalue weighted by Gasteiger charge is -2.41. The molecule has 0 bridgehead atoms. The minimum absolute atomic E-state index is 0.0962. The third-order valence-electron chi connectivity index (χ3n) is 3.95. The minimum atomic E-state index is -0.0962. The lowest BCUT2D eigenvalue weighted by molar-refractivity contribution is -0.125. The Labute approximate surface area is 119 Å². The Morgan fingerprint density at radius 3 is 2.10 bits per heavy atom. The summed E-state index contributed by atoms with van der Waals surface area (Å²) in [5.74, 6) is 0.223. The van der Waals surface area contributed by atoms with Crippen LogP contribution in [-0.4, -0.2) is 19.0 Å². The molecule has 0 unspecified atom stereocenters. The molecule has 1 aliphatic heterocycles. The van der Waals surface area contributed by atoms with Crippen molar-refractivity contribution in [3.8, 4) is 11.1 Å². The Kier molecular flexibility index (Phi) is 3.41. The zero-order chi connectivity index (χ0) is 14.0. The van der Waals surface area contributed by atoms with E-state index in [0.717, 1.165) is 0 Å². The zero-order valence-corrected chi connectivity index (χ0v) is 11.6. The fraction of sp³-hybridized carbons (Fsp3) is 0.278. The average molecular weight is 266 g/mol. The summed E-state index contributed by atoms with van der Waals surface area (Å²) in [5, 5.41) is 0. The second kappa shape index (κ2) is 5.22. The quantitative estimate of drug-likeness (QED) is 0.845. The lowest BCUT2D eigenvalue weighted by Crippen LogP contribution is -2.47. The van der Waals surface area contributed by atoms with E-state index in [1.54, 1.807) is 6.92 Å². The van der Waals surface area contributed by atoms with Gasteiger partial charge in [0.1, 0.15) is 5.78 Å². The van der Waals surface area contributed by atoms with E-state index in [2.05, 4.69) is 36.4 Å². The van der Waals surface area contributed by atoms with Crippen molar-refractivity contribution >= 4 is 5.78 Å². The van der Waals surface area contributed by atoms with Gasteiger partial charge in [0.25, 0.3) is 0 Å². The van der Waals surface area contributed by atoms with Crippen LogP contribution in [0.15, 0.2) is 54.6 Å². The van der Waals surface area contributed by atoms with Gasteiger partial charge in [-0.05, 0) is 23.6 Å². The molecule has 102 valence electrons. The van der Waals surface area contributed by atoms with Crippen molar-refractivity contribution in [3.05, 3.63) is 60.2 Å². The minimum Gasteiger partial charge on any atom is -0.379 e. The van der Waals surface area contributed by atoms with Crippen LogP contribution < -0.4 is 0 Å². The van der Waals surface area contributed by atoms with E-state index >= 15 is 0 Å². The van der Waals surface area contributed by atoms with Gasteiger partial charge < -0.3 is 4.74 Å². The zero-order valence-electron chi connectivity index (χ0n) is 11.6. The molecule has 2 nitrogen and oxygen atoms in total. The molecule has 0 atom stereocenters. The SMILES string of the molecule is CC(=O)CC1(c2ccc(-c3ccccc3)cc2)COC1. The van der Waals surface area contributed by atoms with Crippen LogP contribution in [0.1, 0.15) is 18.9 Å². The van der Waals surface area contributed by atoms with Crippen LogP contribution >= 0.6 is 0 Å². The van der Waals surface area contributed by atoms with E-state index in [1.165, 1.54) is 16.7 Å². The summed E-state index contributed by atoms with van der Waals surface area (Å²) in [6.45, 7) is 2.95. The van der Waals surface area contributed by atoms with Gasteiger partial charge in [-0.1, -0.05) is 54.6 Å². The van der Waals surface area contributed by atoms with E-state index in [4.69, 9.17) is 4.74 Å². The van der Waals surface area contributed by atoms with Gasteiger partial charge in [0.2, 0.25) is 0 Å². The van der Waals surface area contributed by atoms with Crippen molar-refractivity contribution in [2.24, 2.45) is 0 Å². The number of hydrogen-bond donors (Lipinski definition) is 0. The highest BCUT2D eigenvalue weighted by Gasteiger charge is 2.41. The van der Waals surface area contributed by atoms with Crippen molar-refractivity contribution < 1.29 is 9.53 Å². The topological polar surface area (TPSA) is 26.3 Å². The van der Waals surface area contributed by atoms with Crippen molar-refractivity contribution in [3.63, 3.8) is 0 Å². The number of carbonyl (C=O) groups excluding carboxylic acids is 1. The summed E-state index contributed by atoms with van der Waals surface area (Å²) >= 11 is 0. The third kappa shape index (κ3) is 2.39. The van der Waals surface area contributed by atoms with Crippen molar-refractivity contribution in [1.29, 1.82) is 0 Å². The van der Waals surface area contributed by atoms with Gasteiger partial charge in [-0.15, -0.1) is 0 Å². The molecular formula is C18H18O2. The summed E-state index contributed by atoms with van der Waals surface area (Å²) in [6, 6.07) is 18.8. The first-order valence-corrected chi connectivity index (χ1v) is 6.93. The smallest absolute Gasteiger partial charge is 0.130 e. The number of carbonyl (C=O) groups is 1. The van der Waals surface area contributed by atoms with Crippen LogP contribution in [0.4, 0.5) is 0 Å². The Morgan fingerprint density at radius 1 is 1.00 bits per heavy atom. The Balaban J connectivity index is 1.88. The molecule has 1 fully saturated rings. The van der Waals surface area contributed by atoms with Gasteiger partial charge in [0, 0.05) is 11.8 Å². The maximum atomic E-state index is 11.5. The largest absolute Gasteiger partial charge is 0.379 e. The molecule has 0 aliphatic carbocycles. The molecule has 2 aromatic rings. The van der Waals surface area contributed by atoms with Gasteiger partial charge in [-0.2, -0.15) is 0 Å². The monoisotopic (exact) mass is 266 g/mol. The normalized spacial score (nSPS) is 16.4. The fourth-order valence-corrected chi connectivity index (χ4v) is 2.84. The second-order valence-corrected chi connectivity index (χ2v) is 5.60. The summed E-state index contributed by atoms with van der Waals surface area (Å²) in [6.07, 6.45) is 0.567. The number of Topliss-reactive ketones (excluding diaryl/α,β-unsaturated/α-hetero) is 1. The molecule has 1 aliphatic rings. The lowest BCUT2D eigenvalue weighted by atomic mass is 9.74. The van der Waals surface area contributed by atoms with Crippen molar-refractivity contribution in [1.82, 2.24) is 0 Å². The summed E-state index contributed by atoms with van der Waals surface area (Å²) in [7, 11) is 0. The standard InChI is InChI=1S/C18H18O2/c1-14(19)11-18(12-20-13-18)17-9-7-16(8-10-17)15-5-3-2-4-6-15/h2-10H,11-13H2,1H3. The molecule has 0 N–H and O–H groups in total. The second-order valence-electron chi connectivity index (χ2n) is 5.60. The van der Waals surface area contributed by atoms with E-state index in [1.807, 2.05) is 18.2 Å². The number of hydrogen-bond acceptors (Lipinski definition) is 2. The highest BCUT2D eigenvalue weighted by molar-refractivity contribution is 5.77. The molecule has 3 rings (SSSR count). The molecule has 2 aromatic carbocycles.